The van der Waals surface area contributed by atoms with E-state index < -0.39 is 28.4 Å². The maximum absolute atomic E-state index is 13.4. The van der Waals surface area contributed by atoms with Crippen LogP contribution in [0.5, 0.6) is 0 Å². The third kappa shape index (κ3) is 11.4. The van der Waals surface area contributed by atoms with Crippen LogP contribution in [0.15, 0.2) is 54.6 Å². The minimum Gasteiger partial charge on any atom is -0.480 e. The number of ether oxygens (including phenoxy) is 1. The van der Waals surface area contributed by atoms with Gasteiger partial charge in [0.1, 0.15) is 11.6 Å². The van der Waals surface area contributed by atoms with Gasteiger partial charge in [-0.2, -0.15) is 11.8 Å². The maximum atomic E-state index is 13.4. The molecule has 1 heterocycles. The number of allylic oxidation sites excluding steroid dienone is 2. The average Bonchev–Trinajstić information content (AvgIpc) is 3.18. The number of aliphatic carboxylic acids is 1. The fourth-order valence-electron chi connectivity index (χ4n) is 4.56. The summed E-state index contributed by atoms with van der Waals surface area (Å²) < 4.78 is 5.71. The number of benzene rings is 1. The highest BCUT2D eigenvalue weighted by Gasteiger charge is 2.44. The van der Waals surface area contributed by atoms with E-state index in [9.17, 15) is 19.5 Å². The number of carbonyl (C=O) groups is 3. The van der Waals surface area contributed by atoms with Crippen LogP contribution in [0, 0.1) is 17.8 Å². The van der Waals surface area contributed by atoms with Crippen LogP contribution in [-0.2, 0) is 20.7 Å². The Hall–Kier alpha value is -2.39. The number of nitrogens with zero attached hydrogens (tertiary/aromatic N) is 1. The minimum atomic E-state index is -1.02. The van der Waals surface area contributed by atoms with E-state index in [0.29, 0.717) is 18.6 Å². The van der Waals surface area contributed by atoms with E-state index in [4.69, 9.17) is 4.74 Å². The first-order chi connectivity index (χ1) is 19.1. The molecule has 1 aromatic rings. The molecule has 2 N–H and O–H groups in total. The fraction of sp³-hybridized carbons (Fsp3) is 0.594. The van der Waals surface area contributed by atoms with Gasteiger partial charge in [-0.15, -0.1) is 11.8 Å². The van der Waals surface area contributed by atoms with Crippen molar-refractivity contribution in [2.45, 2.75) is 83.9 Å². The number of amides is 2. The molecule has 1 aliphatic rings. The van der Waals surface area contributed by atoms with Crippen molar-refractivity contribution in [2.24, 2.45) is 17.8 Å². The topological polar surface area (TPSA) is 95.9 Å². The molecule has 0 unspecified atom stereocenters. The summed E-state index contributed by atoms with van der Waals surface area (Å²) in [6, 6.07) is 8.70. The van der Waals surface area contributed by atoms with E-state index in [1.54, 1.807) is 23.5 Å². The van der Waals surface area contributed by atoms with Gasteiger partial charge >= 0.3 is 12.1 Å². The third-order valence-corrected chi connectivity index (χ3v) is 8.92. The molecule has 0 aromatic heterocycles. The Bertz CT molecular complexity index is 1070. The van der Waals surface area contributed by atoms with Crippen molar-refractivity contribution in [3.63, 3.8) is 0 Å². The third-order valence-electron chi connectivity index (χ3n) is 6.86. The summed E-state index contributed by atoms with van der Waals surface area (Å²) in [6.07, 6.45) is 10.6. The molecule has 228 valence electrons. The number of carbonyl (C=O) groups excluding carboxylic acids is 2. The van der Waals surface area contributed by atoms with E-state index in [2.05, 4.69) is 31.3 Å². The van der Waals surface area contributed by atoms with Gasteiger partial charge in [-0.1, -0.05) is 68.5 Å². The standard InChI is InChI=1S/C32H48N2O5S2/c1-22(2)24(16-17-26-21-41-32(6,7)34(26)30(38)39-31(3,4)5)14-15-25(20-23-12-10-9-11-13-23)28(35)33-27(29(36)37)18-19-40-8/h9-17,22,24-27H,18-21H2,1-8H3,(H,33,35)(H,36,37)/b15-14-,17-16+/t24-,25-,26-,27+/m1/s1. The van der Waals surface area contributed by atoms with Crippen molar-refractivity contribution in [2.75, 3.05) is 17.8 Å². The molecule has 1 saturated heterocycles. The van der Waals surface area contributed by atoms with Gasteiger partial charge in [-0.25, -0.2) is 9.59 Å². The zero-order valence-corrected chi connectivity index (χ0v) is 27.4. The largest absolute Gasteiger partial charge is 0.480 e. The molecular formula is C32H48N2O5S2. The lowest BCUT2D eigenvalue weighted by atomic mass is 9.90. The second-order valence-corrected chi connectivity index (χ2v) is 14.9. The van der Waals surface area contributed by atoms with Gasteiger partial charge in [0.15, 0.2) is 0 Å². The van der Waals surface area contributed by atoms with E-state index in [-0.39, 0.29) is 29.9 Å². The van der Waals surface area contributed by atoms with Gasteiger partial charge in [0.2, 0.25) is 5.91 Å². The Labute approximate surface area is 254 Å². The van der Waals surface area contributed by atoms with Gasteiger partial charge in [0.05, 0.1) is 16.8 Å². The lowest BCUT2D eigenvalue weighted by molar-refractivity contribution is -0.142. The molecule has 4 atom stereocenters. The molecule has 0 radical (unpaired) electrons. The molecule has 7 nitrogen and oxygen atoms in total. The molecule has 0 saturated carbocycles. The Balaban J connectivity index is 2.28. The summed E-state index contributed by atoms with van der Waals surface area (Å²) in [7, 11) is 0. The van der Waals surface area contributed by atoms with Gasteiger partial charge in [0, 0.05) is 5.75 Å². The second-order valence-electron chi connectivity index (χ2n) is 12.2. The SMILES string of the molecule is CSCC[C@H](NC(=O)[C@H](/C=C\[C@H](/C=C/[C@@H]1CSC(C)(C)N1C(=O)OC(C)(C)C)C(C)C)Cc1ccccc1)C(=O)O. The molecule has 0 spiro atoms. The van der Waals surface area contributed by atoms with Gasteiger partial charge in [-0.3, -0.25) is 9.69 Å². The Morgan fingerprint density at radius 2 is 1.83 bits per heavy atom. The van der Waals surface area contributed by atoms with Gasteiger partial charge in [-0.05, 0) is 76.9 Å². The van der Waals surface area contributed by atoms with Crippen LogP contribution in [0.3, 0.4) is 0 Å². The van der Waals surface area contributed by atoms with E-state index in [1.165, 1.54) is 0 Å². The fourth-order valence-corrected chi connectivity index (χ4v) is 6.22. The number of hydrogen-bond donors (Lipinski definition) is 2. The number of hydrogen-bond acceptors (Lipinski definition) is 6. The van der Waals surface area contributed by atoms with Crippen molar-refractivity contribution in [1.29, 1.82) is 0 Å². The van der Waals surface area contributed by atoms with Crippen LogP contribution >= 0.6 is 23.5 Å². The summed E-state index contributed by atoms with van der Waals surface area (Å²) >= 11 is 3.27. The molecule has 2 rings (SSSR count). The van der Waals surface area contributed by atoms with E-state index >= 15 is 0 Å². The summed E-state index contributed by atoms with van der Waals surface area (Å²) in [5.41, 5.74) is 0.421. The van der Waals surface area contributed by atoms with Crippen LogP contribution in [0.2, 0.25) is 0 Å². The normalized spacial score (nSPS) is 19.4. The maximum Gasteiger partial charge on any atom is 0.411 e. The quantitative estimate of drug-likeness (QED) is 0.244. The monoisotopic (exact) mass is 604 g/mol. The second kappa shape index (κ2) is 15.7. The van der Waals surface area contributed by atoms with Gasteiger partial charge < -0.3 is 15.2 Å². The highest BCUT2D eigenvalue weighted by atomic mass is 32.2. The molecule has 41 heavy (non-hydrogen) atoms. The van der Waals surface area contributed by atoms with Crippen LogP contribution in [0.1, 0.15) is 60.5 Å². The van der Waals surface area contributed by atoms with Crippen molar-refractivity contribution in [3.05, 3.63) is 60.2 Å². The molecule has 2 amide bonds. The van der Waals surface area contributed by atoms with Crippen molar-refractivity contribution < 1.29 is 24.2 Å². The first kappa shape index (κ1) is 34.8. The number of thioether (sulfide) groups is 2. The highest BCUT2D eigenvalue weighted by molar-refractivity contribution is 8.00. The lowest BCUT2D eigenvalue weighted by Crippen LogP contribution is -2.48. The minimum absolute atomic E-state index is 0.0158. The Morgan fingerprint density at radius 3 is 2.39 bits per heavy atom. The van der Waals surface area contributed by atoms with Crippen molar-refractivity contribution in [1.82, 2.24) is 10.2 Å². The molecule has 1 fully saturated rings. The summed E-state index contributed by atoms with van der Waals surface area (Å²) in [4.78, 5) is 39.7. The first-order valence-corrected chi connectivity index (χ1v) is 16.6. The van der Waals surface area contributed by atoms with Crippen LogP contribution < -0.4 is 5.32 Å². The number of carboxylic acids is 1. The molecule has 0 bridgehead atoms. The molecule has 9 heteroatoms. The zero-order chi connectivity index (χ0) is 30.8. The predicted molar refractivity (Wildman–Crippen MR) is 171 cm³/mol. The predicted octanol–water partition coefficient (Wildman–Crippen LogP) is 6.64. The van der Waals surface area contributed by atoms with Crippen LogP contribution in [0.25, 0.3) is 0 Å². The zero-order valence-electron chi connectivity index (χ0n) is 25.8. The van der Waals surface area contributed by atoms with Crippen LogP contribution in [0.4, 0.5) is 4.79 Å². The van der Waals surface area contributed by atoms with Crippen LogP contribution in [-0.4, -0.2) is 68.3 Å². The smallest absolute Gasteiger partial charge is 0.411 e. The number of nitrogens with one attached hydrogen (secondary N) is 1. The molecule has 0 aliphatic carbocycles. The summed E-state index contributed by atoms with van der Waals surface area (Å²) in [5, 5.41) is 12.4. The number of carboxylic acid groups (broad SMARTS) is 1. The summed E-state index contributed by atoms with van der Waals surface area (Å²) in [6.45, 7) is 13.9. The first-order valence-electron chi connectivity index (χ1n) is 14.2. The molecule has 1 aliphatic heterocycles. The lowest BCUT2D eigenvalue weighted by Gasteiger charge is -2.35. The highest BCUT2D eigenvalue weighted by Crippen LogP contribution is 2.40. The molecular weight excluding hydrogens is 556 g/mol. The average molecular weight is 605 g/mol. The van der Waals surface area contributed by atoms with Crippen molar-refractivity contribution >= 4 is 41.5 Å². The molecule has 1 aromatic carbocycles. The Morgan fingerprint density at radius 1 is 1.17 bits per heavy atom. The number of rotatable bonds is 13. The summed E-state index contributed by atoms with van der Waals surface area (Å²) in [5.74, 6) is -0.173. The van der Waals surface area contributed by atoms with Crippen molar-refractivity contribution in [3.8, 4) is 0 Å². The van der Waals surface area contributed by atoms with E-state index in [0.717, 1.165) is 11.3 Å². The van der Waals surface area contributed by atoms with Gasteiger partial charge in [0.25, 0.3) is 0 Å². The van der Waals surface area contributed by atoms with E-state index in [1.807, 2.05) is 88.3 Å². The Kier molecular flexibility index (Phi) is 13.4.